The zero-order valence-electron chi connectivity index (χ0n) is 11.1. The molecule has 0 unspecified atom stereocenters. The Morgan fingerprint density at radius 3 is 2.75 bits per heavy atom. The van der Waals surface area contributed by atoms with Crippen molar-refractivity contribution >= 4 is 32.6 Å². The minimum absolute atomic E-state index is 0.0757. The molecule has 2 aromatic carbocycles. The van der Waals surface area contributed by atoms with Crippen LogP contribution in [0.25, 0.3) is 10.9 Å². The molecule has 0 aliphatic carbocycles. The zero-order chi connectivity index (χ0) is 14.1. The van der Waals surface area contributed by atoms with Gasteiger partial charge in [0, 0.05) is 32.7 Å². The van der Waals surface area contributed by atoms with Crippen molar-refractivity contribution in [2.24, 2.45) is 0 Å². The minimum Gasteiger partial charge on any atom is -0.360 e. The second kappa shape index (κ2) is 5.25. The number of benzene rings is 2. The Morgan fingerprint density at radius 1 is 1.15 bits per heavy atom. The molecule has 1 aromatic heterocycles. The molecule has 0 saturated heterocycles. The maximum absolute atomic E-state index is 12.8. The number of rotatable bonds is 3. The number of aromatic nitrogens is 1. The SMILES string of the molecule is CCc1ccccc1C(=O)c1c[nH]c2ccc(Br)cc12. The van der Waals surface area contributed by atoms with E-state index < -0.39 is 0 Å². The Labute approximate surface area is 126 Å². The lowest BCUT2D eigenvalue weighted by atomic mass is 9.97. The molecule has 2 nitrogen and oxygen atoms in total. The highest BCUT2D eigenvalue weighted by atomic mass is 79.9. The molecule has 1 heterocycles. The van der Waals surface area contributed by atoms with Gasteiger partial charge in [0.25, 0.3) is 0 Å². The number of carbonyl (C=O) groups is 1. The van der Waals surface area contributed by atoms with Crippen LogP contribution in [0, 0.1) is 0 Å². The van der Waals surface area contributed by atoms with Crippen LogP contribution in [0.4, 0.5) is 0 Å². The van der Waals surface area contributed by atoms with Crippen molar-refractivity contribution in [1.82, 2.24) is 4.98 Å². The number of fused-ring (bicyclic) bond motifs is 1. The molecule has 0 bridgehead atoms. The van der Waals surface area contributed by atoms with Gasteiger partial charge in [-0.3, -0.25) is 4.79 Å². The quantitative estimate of drug-likeness (QED) is 0.693. The lowest BCUT2D eigenvalue weighted by molar-refractivity contribution is 0.103. The minimum atomic E-state index is 0.0757. The Balaban J connectivity index is 2.15. The van der Waals surface area contributed by atoms with Crippen molar-refractivity contribution in [3.05, 3.63) is 69.8 Å². The van der Waals surface area contributed by atoms with Crippen molar-refractivity contribution in [2.75, 3.05) is 0 Å². The first kappa shape index (κ1) is 13.1. The molecule has 3 aromatic rings. The van der Waals surface area contributed by atoms with E-state index in [2.05, 4.69) is 27.8 Å². The van der Waals surface area contributed by atoms with Gasteiger partial charge in [0.15, 0.2) is 5.78 Å². The number of aromatic amines is 1. The standard InChI is InChI=1S/C17H14BrNO/c1-2-11-5-3-4-6-13(11)17(20)15-10-19-16-8-7-12(18)9-14(15)16/h3-10,19H,2H2,1H3. The van der Waals surface area contributed by atoms with Crippen LogP contribution in [0.2, 0.25) is 0 Å². The van der Waals surface area contributed by atoms with Gasteiger partial charge in [-0.15, -0.1) is 0 Å². The molecule has 0 fully saturated rings. The topological polar surface area (TPSA) is 32.9 Å². The van der Waals surface area contributed by atoms with E-state index in [1.54, 1.807) is 6.20 Å². The molecule has 1 N–H and O–H groups in total. The van der Waals surface area contributed by atoms with E-state index in [9.17, 15) is 4.79 Å². The highest BCUT2D eigenvalue weighted by Gasteiger charge is 2.16. The molecule has 3 heteroatoms. The van der Waals surface area contributed by atoms with Crippen LogP contribution in [0.1, 0.15) is 28.4 Å². The van der Waals surface area contributed by atoms with Crippen molar-refractivity contribution < 1.29 is 4.79 Å². The predicted molar refractivity (Wildman–Crippen MR) is 85.3 cm³/mol. The summed E-state index contributed by atoms with van der Waals surface area (Å²) in [6, 6.07) is 13.7. The van der Waals surface area contributed by atoms with E-state index >= 15 is 0 Å². The van der Waals surface area contributed by atoms with Gasteiger partial charge in [-0.1, -0.05) is 47.1 Å². The first-order valence-corrected chi connectivity index (χ1v) is 7.39. The fourth-order valence-corrected chi connectivity index (χ4v) is 2.84. The van der Waals surface area contributed by atoms with Gasteiger partial charge >= 0.3 is 0 Å². The number of ketones is 1. The highest BCUT2D eigenvalue weighted by molar-refractivity contribution is 9.10. The molecule has 0 radical (unpaired) electrons. The normalized spacial score (nSPS) is 10.9. The fraction of sp³-hybridized carbons (Fsp3) is 0.118. The Hall–Kier alpha value is -1.87. The molecule has 3 rings (SSSR count). The third kappa shape index (κ3) is 2.18. The molecule has 0 amide bonds. The first-order chi connectivity index (χ1) is 9.70. The third-order valence-electron chi connectivity index (χ3n) is 3.53. The second-order valence-corrected chi connectivity index (χ2v) is 5.65. The molecular formula is C17H14BrNO. The number of aryl methyl sites for hydroxylation is 1. The van der Waals surface area contributed by atoms with Crippen LogP contribution < -0.4 is 0 Å². The van der Waals surface area contributed by atoms with Crippen LogP contribution >= 0.6 is 15.9 Å². The molecule has 0 saturated carbocycles. The molecule has 0 aliphatic heterocycles. The van der Waals surface area contributed by atoms with Crippen LogP contribution in [0.5, 0.6) is 0 Å². The maximum Gasteiger partial charge on any atom is 0.195 e. The Morgan fingerprint density at radius 2 is 1.95 bits per heavy atom. The number of carbonyl (C=O) groups excluding carboxylic acids is 1. The molecule has 0 spiro atoms. The van der Waals surface area contributed by atoms with Gasteiger partial charge in [-0.05, 0) is 30.2 Å². The van der Waals surface area contributed by atoms with Gasteiger partial charge in [0.05, 0.1) is 0 Å². The van der Waals surface area contributed by atoms with Crippen molar-refractivity contribution in [2.45, 2.75) is 13.3 Å². The number of nitrogens with one attached hydrogen (secondary N) is 1. The van der Waals surface area contributed by atoms with Crippen LogP contribution in [0.15, 0.2) is 53.1 Å². The second-order valence-electron chi connectivity index (χ2n) is 4.73. The van der Waals surface area contributed by atoms with E-state index in [0.29, 0.717) is 0 Å². The maximum atomic E-state index is 12.8. The summed E-state index contributed by atoms with van der Waals surface area (Å²) < 4.78 is 0.974. The summed E-state index contributed by atoms with van der Waals surface area (Å²) in [5.74, 6) is 0.0757. The van der Waals surface area contributed by atoms with E-state index in [1.165, 1.54) is 0 Å². The summed E-state index contributed by atoms with van der Waals surface area (Å²) in [5.41, 5.74) is 3.57. The molecule has 0 atom stereocenters. The van der Waals surface area contributed by atoms with Gasteiger partial charge in [-0.25, -0.2) is 0 Å². The van der Waals surface area contributed by atoms with Crippen LogP contribution in [-0.2, 0) is 6.42 Å². The van der Waals surface area contributed by atoms with E-state index in [4.69, 9.17) is 0 Å². The monoisotopic (exact) mass is 327 g/mol. The number of H-pyrrole nitrogens is 1. The molecular weight excluding hydrogens is 314 g/mol. The third-order valence-corrected chi connectivity index (χ3v) is 4.02. The summed E-state index contributed by atoms with van der Waals surface area (Å²) in [7, 11) is 0. The Bertz CT molecular complexity index is 789. The molecule has 20 heavy (non-hydrogen) atoms. The van der Waals surface area contributed by atoms with E-state index in [1.807, 2.05) is 42.5 Å². The molecule has 100 valence electrons. The summed E-state index contributed by atoms with van der Waals surface area (Å²) in [6.07, 6.45) is 2.65. The summed E-state index contributed by atoms with van der Waals surface area (Å²) in [6.45, 7) is 2.07. The smallest absolute Gasteiger partial charge is 0.195 e. The van der Waals surface area contributed by atoms with Gasteiger partial charge in [0.1, 0.15) is 0 Å². The van der Waals surface area contributed by atoms with Gasteiger partial charge in [0.2, 0.25) is 0 Å². The van der Waals surface area contributed by atoms with Crippen molar-refractivity contribution in [1.29, 1.82) is 0 Å². The summed E-state index contributed by atoms with van der Waals surface area (Å²) >= 11 is 3.46. The average Bonchev–Trinajstić information content (AvgIpc) is 2.89. The lowest BCUT2D eigenvalue weighted by Crippen LogP contribution is -2.04. The number of hydrogen-bond donors (Lipinski definition) is 1. The number of hydrogen-bond acceptors (Lipinski definition) is 1. The predicted octanol–water partition coefficient (Wildman–Crippen LogP) is 4.72. The summed E-state index contributed by atoms with van der Waals surface area (Å²) in [4.78, 5) is 15.9. The highest BCUT2D eigenvalue weighted by Crippen LogP contribution is 2.25. The largest absolute Gasteiger partial charge is 0.360 e. The lowest BCUT2D eigenvalue weighted by Gasteiger charge is -2.06. The fourth-order valence-electron chi connectivity index (χ4n) is 2.48. The van der Waals surface area contributed by atoms with Gasteiger partial charge < -0.3 is 4.98 Å². The van der Waals surface area contributed by atoms with Crippen molar-refractivity contribution in [3.63, 3.8) is 0 Å². The van der Waals surface area contributed by atoms with E-state index in [0.717, 1.165) is 38.5 Å². The molecule has 0 aliphatic rings. The zero-order valence-corrected chi connectivity index (χ0v) is 12.7. The average molecular weight is 328 g/mol. The van der Waals surface area contributed by atoms with E-state index in [-0.39, 0.29) is 5.78 Å². The van der Waals surface area contributed by atoms with Gasteiger partial charge in [-0.2, -0.15) is 0 Å². The van der Waals surface area contributed by atoms with Crippen molar-refractivity contribution in [3.8, 4) is 0 Å². The van der Waals surface area contributed by atoms with Crippen LogP contribution in [0.3, 0.4) is 0 Å². The Kier molecular flexibility index (Phi) is 3.45. The number of halogens is 1. The summed E-state index contributed by atoms with van der Waals surface area (Å²) in [5, 5.41) is 0.954. The first-order valence-electron chi connectivity index (χ1n) is 6.60. The van der Waals surface area contributed by atoms with Crippen LogP contribution in [-0.4, -0.2) is 10.8 Å².